The van der Waals surface area contributed by atoms with Crippen molar-refractivity contribution in [2.75, 3.05) is 19.6 Å². The molecular weight excluding hydrogens is 443 g/mol. The Balaban J connectivity index is 1.30. The van der Waals surface area contributed by atoms with Gasteiger partial charge in [0.15, 0.2) is 11.5 Å². The van der Waals surface area contributed by atoms with Crippen LogP contribution in [-0.4, -0.2) is 46.0 Å². The van der Waals surface area contributed by atoms with Gasteiger partial charge in [0.05, 0.1) is 12.0 Å². The number of imidazole rings is 1. The van der Waals surface area contributed by atoms with Crippen LogP contribution in [0.15, 0.2) is 47.1 Å². The summed E-state index contributed by atoms with van der Waals surface area (Å²) in [6.07, 6.45) is 11.2. The molecule has 1 aliphatic heterocycles. The number of hydrogen-bond acceptors (Lipinski definition) is 4. The average Bonchev–Trinajstić information content (AvgIpc) is 3.63. The number of furan rings is 1. The van der Waals surface area contributed by atoms with E-state index in [9.17, 15) is 9.18 Å². The van der Waals surface area contributed by atoms with E-state index in [0.717, 1.165) is 49.3 Å². The first-order chi connectivity index (χ1) is 17.1. The molecule has 2 aliphatic rings. The highest BCUT2D eigenvalue weighted by Crippen LogP contribution is 2.39. The van der Waals surface area contributed by atoms with Gasteiger partial charge in [0, 0.05) is 30.7 Å². The number of halogens is 1. The van der Waals surface area contributed by atoms with E-state index in [-0.39, 0.29) is 11.7 Å². The van der Waals surface area contributed by atoms with Crippen molar-refractivity contribution in [2.24, 2.45) is 0 Å². The SMILES string of the molecule is CC1CCCCN1CCCNC(=O)c1ccc(-c2c(-c3ccc(F)cc3)ncn2C2CCCC2)o1. The minimum absolute atomic E-state index is 0.196. The summed E-state index contributed by atoms with van der Waals surface area (Å²) >= 11 is 0. The monoisotopic (exact) mass is 478 g/mol. The summed E-state index contributed by atoms with van der Waals surface area (Å²) < 4.78 is 21.8. The molecule has 1 saturated carbocycles. The first-order valence-electron chi connectivity index (χ1n) is 13.1. The lowest BCUT2D eigenvalue weighted by molar-refractivity contribution is 0.0922. The van der Waals surface area contributed by atoms with Crippen molar-refractivity contribution < 1.29 is 13.6 Å². The summed E-state index contributed by atoms with van der Waals surface area (Å²) in [6.45, 7) is 5.08. The second-order valence-corrected chi connectivity index (χ2v) is 9.95. The predicted octanol–water partition coefficient (Wildman–Crippen LogP) is 6.06. The Hall–Kier alpha value is -2.93. The second kappa shape index (κ2) is 10.8. The molecule has 186 valence electrons. The minimum Gasteiger partial charge on any atom is -0.449 e. The Morgan fingerprint density at radius 1 is 1.09 bits per heavy atom. The minimum atomic E-state index is -0.280. The van der Waals surface area contributed by atoms with E-state index in [1.54, 1.807) is 18.2 Å². The van der Waals surface area contributed by atoms with Crippen LogP contribution in [0.3, 0.4) is 0 Å². The molecule has 6 nitrogen and oxygen atoms in total. The van der Waals surface area contributed by atoms with Gasteiger partial charge in [-0.05, 0) is 82.0 Å². The molecule has 2 fully saturated rings. The van der Waals surface area contributed by atoms with Crippen LogP contribution in [0.1, 0.15) is 74.9 Å². The molecule has 1 unspecified atom stereocenters. The molecule has 3 aromatic rings. The summed E-state index contributed by atoms with van der Waals surface area (Å²) in [5.74, 6) is 0.437. The number of likely N-dealkylation sites (tertiary alicyclic amines) is 1. The van der Waals surface area contributed by atoms with E-state index in [1.165, 1.54) is 44.2 Å². The van der Waals surface area contributed by atoms with Crippen LogP contribution in [0, 0.1) is 5.82 Å². The van der Waals surface area contributed by atoms with Crippen LogP contribution in [0.2, 0.25) is 0 Å². The molecule has 5 rings (SSSR count). The van der Waals surface area contributed by atoms with Crippen LogP contribution in [0.25, 0.3) is 22.7 Å². The topological polar surface area (TPSA) is 63.3 Å². The second-order valence-electron chi connectivity index (χ2n) is 9.95. The van der Waals surface area contributed by atoms with Gasteiger partial charge in [-0.3, -0.25) is 4.79 Å². The fourth-order valence-corrected chi connectivity index (χ4v) is 5.53. The Kier molecular flexibility index (Phi) is 7.32. The van der Waals surface area contributed by atoms with E-state index >= 15 is 0 Å². The number of carbonyl (C=O) groups is 1. The van der Waals surface area contributed by atoms with Crippen molar-refractivity contribution in [3.8, 4) is 22.7 Å². The van der Waals surface area contributed by atoms with Crippen LogP contribution in [0.5, 0.6) is 0 Å². The van der Waals surface area contributed by atoms with Gasteiger partial charge in [-0.25, -0.2) is 9.37 Å². The van der Waals surface area contributed by atoms with Crippen molar-refractivity contribution >= 4 is 5.91 Å². The lowest BCUT2D eigenvalue weighted by Crippen LogP contribution is -2.39. The first-order valence-corrected chi connectivity index (χ1v) is 13.1. The van der Waals surface area contributed by atoms with E-state index in [2.05, 4.69) is 26.7 Å². The number of aromatic nitrogens is 2. The average molecular weight is 479 g/mol. The van der Waals surface area contributed by atoms with Crippen LogP contribution >= 0.6 is 0 Å². The quantitative estimate of drug-likeness (QED) is 0.400. The van der Waals surface area contributed by atoms with E-state index in [0.29, 0.717) is 30.1 Å². The zero-order chi connectivity index (χ0) is 24.2. The number of benzene rings is 1. The molecule has 1 aliphatic carbocycles. The molecule has 1 N–H and O–H groups in total. The Morgan fingerprint density at radius 2 is 1.86 bits per heavy atom. The van der Waals surface area contributed by atoms with Gasteiger partial charge < -0.3 is 19.2 Å². The third-order valence-corrected chi connectivity index (χ3v) is 7.54. The van der Waals surface area contributed by atoms with Crippen LogP contribution in [0.4, 0.5) is 4.39 Å². The van der Waals surface area contributed by atoms with E-state index in [1.807, 2.05) is 12.4 Å². The summed E-state index contributed by atoms with van der Waals surface area (Å²) in [5, 5.41) is 3.01. The third kappa shape index (κ3) is 5.35. The molecule has 0 bridgehead atoms. The number of nitrogens with zero attached hydrogens (tertiary/aromatic N) is 3. The maximum atomic E-state index is 13.5. The summed E-state index contributed by atoms with van der Waals surface area (Å²) in [5.41, 5.74) is 2.42. The van der Waals surface area contributed by atoms with Gasteiger partial charge in [0.2, 0.25) is 0 Å². The fourth-order valence-electron chi connectivity index (χ4n) is 5.53. The standard InChI is InChI=1S/C28H35FN4O2/c1-20-7-4-5-17-32(20)18-6-16-30-28(34)25-15-14-24(35-25)27-26(21-10-12-22(29)13-11-21)31-19-33(27)23-8-2-3-9-23/h10-15,19-20,23H,2-9,16-18H2,1H3,(H,30,34). The van der Waals surface area contributed by atoms with Crippen LogP contribution in [-0.2, 0) is 0 Å². The van der Waals surface area contributed by atoms with E-state index < -0.39 is 0 Å². The summed E-state index contributed by atoms with van der Waals surface area (Å²) in [6, 6.07) is 10.9. The normalized spacial score (nSPS) is 19.3. The van der Waals surface area contributed by atoms with Gasteiger partial charge in [0.25, 0.3) is 5.91 Å². The Bertz CT molecular complexity index is 1130. The van der Waals surface area contributed by atoms with Gasteiger partial charge >= 0.3 is 0 Å². The molecule has 35 heavy (non-hydrogen) atoms. The van der Waals surface area contributed by atoms with Gasteiger partial charge in [-0.1, -0.05) is 19.3 Å². The molecule has 2 aromatic heterocycles. The molecule has 1 aromatic carbocycles. The number of amides is 1. The molecule has 7 heteroatoms. The molecular formula is C28H35FN4O2. The highest BCUT2D eigenvalue weighted by atomic mass is 19.1. The van der Waals surface area contributed by atoms with Crippen LogP contribution < -0.4 is 5.32 Å². The number of piperidine rings is 1. The molecule has 1 atom stereocenters. The number of rotatable bonds is 8. The first kappa shape index (κ1) is 23.8. The molecule has 1 amide bonds. The summed E-state index contributed by atoms with van der Waals surface area (Å²) in [4.78, 5) is 20.0. The maximum absolute atomic E-state index is 13.5. The smallest absolute Gasteiger partial charge is 0.287 e. The van der Waals surface area contributed by atoms with Crippen molar-refractivity contribution in [1.82, 2.24) is 19.8 Å². The fraction of sp³-hybridized carbons (Fsp3) is 0.500. The van der Waals surface area contributed by atoms with Crippen molar-refractivity contribution in [1.29, 1.82) is 0 Å². The highest BCUT2D eigenvalue weighted by Gasteiger charge is 2.26. The Labute approximate surface area is 206 Å². The maximum Gasteiger partial charge on any atom is 0.287 e. The number of hydrogen-bond donors (Lipinski definition) is 1. The number of nitrogens with one attached hydrogen (secondary N) is 1. The zero-order valence-electron chi connectivity index (χ0n) is 20.5. The highest BCUT2D eigenvalue weighted by molar-refractivity contribution is 5.92. The van der Waals surface area contributed by atoms with Crippen molar-refractivity contribution in [3.63, 3.8) is 0 Å². The zero-order valence-corrected chi connectivity index (χ0v) is 20.5. The third-order valence-electron chi connectivity index (χ3n) is 7.54. The van der Waals surface area contributed by atoms with Gasteiger partial charge in [-0.2, -0.15) is 0 Å². The molecule has 3 heterocycles. The van der Waals surface area contributed by atoms with Gasteiger partial charge in [-0.15, -0.1) is 0 Å². The van der Waals surface area contributed by atoms with Crippen molar-refractivity contribution in [3.05, 3.63) is 54.3 Å². The Morgan fingerprint density at radius 3 is 2.63 bits per heavy atom. The molecule has 0 spiro atoms. The lowest BCUT2D eigenvalue weighted by atomic mass is 10.0. The lowest BCUT2D eigenvalue weighted by Gasteiger charge is -2.33. The van der Waals surface area contributed by atoms with Crippen molar-refractivity contribution in [2.45, 2.75) is 70.4 Å². The molecule has 1 saturated heterocycles. The van der Waals surface area contributed by atoms with E-state index in [4.69, 9.17) is 4.42 Å². The predicted molar refractivity (Wildman–Crippen MR) is 135 cm³/mol. The number of carbonyl (C=O) groups excluding carboxylic acids is 1. The largest absolute Gasteiger partial charge is 0.449 e. The molecule has 0 radical (unpaired) electrons. The summed E-state index contributed by atoms with van der Waals surface area (Å²) in [7, 11) is 0. The van der Waals surface area contributed by atoms with Gasteiger partial charge in [0.1, 0.15) is 11.5 Å².